The number of rotatable bonds is 1. The predicted octanol–water partition coefficient (Wildman–Crippen LogP) is 2.21. The van der Waals surface area contributed by atoms with Gasteiger partial charge in [0.05, 0.1) is 19.3 Å². The van der Waals surface area contributed by atoms with Crippen molar-refractivity contribution >= 4 is 0 Å². The maximum Gasteiger partial charge on any atom is 0.0773 e. The van der Waals surface area contributed by atoms with Gasteiger partial charge in [0.25, 0.3) is 0 Å². The Kier molecular flexibility index (Phi) is 16.0. The summed E-state index contributed by atoms with van der Waals surface area (Å²) < 4.78 is 5.10. The number of aliphatic hydroxyl groups excluding tert-OH is 2. The van der Waals surface area contributed by atoms with Crippen molar-refractivity contribution in [3.8, 4) is 0 Å². The van der Waals surface area contributed by atoms with E-state index in [9.17, 15) is 0 Å². The quantitative estimate of drug-likeness (QED) is 0.712. The van der Waals surface area contributed by atoms with Gasteiger partial charge in [-0.25, -0.2) is 0 Å². The van der Waals surface area contributed by atoms with Crippen LogP contribution in [0.3, 0.4) is 0 Å². The van der Waals surface area contributed by atoms with Gasteiger partial charge in [0.15, 0.2) is 0 Å². The second-order valence-corrected chi connectivity index (χ2v) is 3.52. The van der Waals surface area contributed by atoms with Crippen LogP contribution >= 0.6 is 0 Å². The molecule has 0 aromatic heterocycles. The van der Waals surface area contributed by atoms with Crippen LogP contribution in [-0.2, 0) is 4.74 Å². The maximum atomic E-state index is 9.10. The van der Waals surface area contributed by atoms with Gasteiger partial charge in [-0.15, -0.1) is 0 Å². The molecule has 0 saturated carbocycles. The highest BCUT2D eigenvalue weighted by molar-refractivity contribution is 4.65. The molecule has 15 heavy (non-hydrogen) atoms. The molecule has 1 saturated heterocycles. The molecule has 1 aliphatic heterocycles. The lowest BCUT2D eigenvalue weighted by Gasteiger charge is -2.07. The van der Waals surface area contributed by atoms with Crippen molar-refractivity contribution in [2.75, 3.05) is 19.8 Å². The zero-order valence-corrected chi connectivity index (χ0v) is 10.7. The Morgan fingerprint density at radius 3 is 2.13 bits per heavy atom. The normalized spacial score (nSPS) is 25.2. The van der Waals surface area contributed by atoms with Crippen LogP contribution < -0.4 is 0 Å². The zero-order valence-electron chi connectivity index (χ0n) is 10.7. The Morgan fingerprint density at radius 1 is 1.13 bits per heavy atom. The molecule has 0 spiro atoms. The van der Waals surface area contributed by atoms with Gasteiger partial charge in [0.2, 0.25) is 0 Å². The van der Waals surface area contributed by atoms with E-state index in [1.54, 1.807) is 0 Å². The second-order valence-electron chi connectivity index (χ2n) is 3.52. The van der Waals surface area contributed by atoms with Crippen molar-refractivity contribution in [3.05, 3.63) is 0 Å². The average molecular weight is 220 g/mol. The van der Waals surface area contributed by atoms with Crippen LogP contribution in [0.5, 0.6) is 0 Å². The van der Waals surface area contributed by atoms with Gasteiger partial charge in [-0.05, 0) is 12.8 Å². The lowest BCUT2D eigenvalue weighted by Crippen LogP contribution is -2.12. The minimum absolute atomic E-state index is 0.173. The maximum absolute atomic E-state index is 9.10. The number of hydrogen-bond acceptors (Lipinski definition) is 3. The van der Waals surface area contributed by atoms with E-state index in [1.165, 1.54) is 6.42 Å². The third-order valence-electron chi connectivity index (χ3n) is 1.83. The summed E-state index contributed by atoms with van der Waals surface area (Å²) in [5.41, 5.74) is 0. The van der Waals surface area contributed by atoms with Crippen LogP contribution in [0.4, 0.5) is 0 Å². The molecule has 0 aromatic rings. The minimum atomic E-state index is -0.323. The van der Waals surface area contributed by atoms with Gasteiger partial charge in [0.1, 0.15) is 0 Å². The molecular formula is C12H28O3. The van der Waals surface area contributed by atoms with E-state index in [2.05, 4.69) is 13.8 Å². The molecule has 0 radical (unpaired) electrons. The van der Waals surface area contributed by atoms with Gasteiger partial charge in [-0.2, -0.15) is 0 Å². The highest BCUT2D eigenvalue weighted by atomic mass is 16.5. The molecule has 1 fully saturated rings. The summed E-state index contributed by atoms with van der Waals surface area (Å²) in [5.74, 6) is 0.233. The SMILES string of the molecule is CC.CCC.OCC1CCC(O)COC1. The summed E-state index contributed by atoms with van der Waals surface area (Å²) in [7, 11) is 0. The zero-order chi connectivity index (χ0) is 12.1. The van der Waals surface area contributed by atoms with Crippen molar-refractivity contribution in [1.29, 1.82) is 0 Å². The lowest BCUT2D eigenvalue weighted by molar-refractivity contribution is 0.0374. The van der Waals surface area contributed by atoms with E-state index in [0.717, 1.165) is 12.8 Å². The topological polar surface area (TPSA) is 49.7 Å². The molecule has 1 heterocycles. The van der Waals surface area contributed by atoms with Crippen molar-refractivity contribution in [2.45, 2.75) is 53.1 Å². The summed E-state index contributed by atoms with van der Waals surface area (Å²) in [4.78, 5) is 0. The van der Waals surface area contributed by atoms with E-state index in [1.807, 2.05) is 13.8 Å². The second kappa shape index (κ2) is 13.9. The molecule has 0 bridgehead atoms. The molecule has 1 rings (SSSR count). The number of hydrogen-bond donors (Lipinski definition) is 2. The summed E-state index contributed by atoms with van der Waals surface area (Å²) >= 11 is 0. The first-order valence-electron chi connectivity index (χ1n) is 6.11. The molecule has 3 nitrogen and oxygen atoms in total. The molecule has 3 heteroatoms. The van der Waals surface area contributed by atoms with Crippen LogP contribution in [0.25, 0.3) is 0 Å². The molecule has 0 aliphatic carbocycles. The van der Waals surface area contributed by atoms with Crippen LogP contribution in [0, 0.1) is 5.92 Å². The van der Waals surface area contributed by atoms with Crippen molar-refractivity contribution in [3.63, 3.8) is 0 Å². The molecule has 0 amide bonds. The smallest absolute Gasteiger partial charge is 0.0773 e. The third kappa shape index (κ3) is 11.8. The summed E-state index contributed by atoms with van der Waals surface area (Å²) in [6.07, 6.45) is 2.56. The average Bonchev–Trinajstić information content (AvgIpc) is 2.47. The summed E-state index contributed by atoms with van der Waals surface area (Å²) in [5, 5.41) is 17.8. The van der Waals surface area contributed by atoms with Crippen LogP contribution in [0.1, 0.15) is 47.0 Å². The molecule has 2 N–H and O–H groups in total. The third-order valence-corrected chi connectivity index (χ3v) is 1.83. The van der Waals surface area contributed by atoms with Crippen LogP contribution in [0.15, 0.2) is 0 Å². The molecule has 0 aromatic carbocycles. The van der Waals surface area contributed by atoms with Crippen LogP contribution in [-0.4, -0.2) is 36.1 Å². The Bertz CT molecular complexity index is 107. The largest absolute Gasteiger partial charge is 0.396 e. The van der Waals surface area contributed by atoms with Crippen LogP contribution in [0.2, 0.25) is 0 Å². The first kappa shape index (κ1) is 17.3. The van der Waals surface area contributed by atoms with Crippen molar-refractivity contribution < 1.29 is 14.9 Å². The predicted molar refractivity (Wildman–Crippen MR) is 63.9 cm³/mol. The fourth-order valence-electron chi connectivity index (χ4n) is 1.11. The van der Waals surface area contributed by atoms with E-state index in [0.29, 0.717) is 13.2 Å². The van der Waals surface area contributed by atoms with Crippen molar-refractivity contribution in [1.82, 2.24) is 0 Å². The van der Waals surface area contributed by atoms with E-state index in [-0.39, 0.29) is 18.6 Å². The highest BCUT2D eigenvalue weighted by Crippen LogP contribution is 2.13. The Labute approximate surface area is 94.5 Å². The fraction of sp³-hybridized carbons (Fsp3) is 1.00. The monoisotopic (exact) mass is 220 g/mol. The highest BCUT2D eigenvalue weighted by Gasteiger charge is 2.16. The molecule has 94 valence electrons. The Morgan fingerprint density at radius 2 is 1.67 bits per heavy atom. The van der Waals surface area contributed by atoms with Gasteiger partial charge in [0, 0.05) is 12.5 Å². The van der Waals surface area contributed by atoms with E-state index in [4.69, 9.17) is 14.9 Å². The minimum Gasteiger partial charge on any atom is -0.396 e. The van der Waals surface area contributed by atoms with Crippen molar-refractivity contribution in [2.24, 2.45) is 5.92 Å². The van der Waals surface area contributed by atoms with E-state index < -0.39 is 0 Å². The van der Waals surface area contributed by atoms with Gasteiger partial charge in [-0.1, -0.05) is 34.1 Å². The molecular weight excluding hydrogens is 192 g/mol. The first-order valence-corrected chi connectivity index (χ1v) is 6.11. The summed E-state index contributed by atoms with van der Waals surface area (Å²) in [6.45, 7) is 9.44. The number of aliphatic hydroxyl groups is 2. The molecule has 2 unspecified atom stereocenters. The van der Waals surface area contributed by atoms with Gasteiger partial charge in [-0.3, -0.25) is 0 Å². The summed E-state index contributed by atoms with van der Waals surface area (Å²) in [6, 6.07) is 0. The van der Waals surface area contributed by atoms with E-state index >= 15 is 0 Å². The van der Waals surface area contributed by atoms with Gasteiger partial charge >= 0.3 is 0 Å². The molecule has 2 atom stereocenters. The fourth-order valence-corrected chi connectivity index (χ4v) is 1.11. The molecule has 1 aliphatic rings. The first-order chi connectivity index (χ1) is 7.24. The Balaban J connectivity index is 0. The lowest BCUT2D eigenvalue weighted by atomic mass is 10.0. The Hall–Kier alpha value is -0.120. The standard InChI is InChI=1S/C7H14O3.C3H8.C2H6/c8-3-6-1-2-7(9)5-10-4-6;1-3-2;1-2/h6-9H,1-5H2;3H2,1-2H3;1-2H3. The number of ether oxygens (including phenoxy) is 1. The van der Waals surface area contributed by atoms with Gasteiger partial charge < -0.3 is 14.9 Å².